The molecule has 20 heavy (non-hydrogen) atoms. The quantitative estimate of drug-likeness (QED) is 0.765. The minimum Gasteiger partial charge on any atom is -0.354 e. The van der Waals surface area contributed by atoms with Crippen LogP contribution in [0.3, 0.4) is 0 Å². The highest BCUT2D eigenvalue weighted by atomic mass is 16.2. The molecule has 0 aliphatic carbocycles. The Kier molecular flexibility index (Phi) is 6.14. The first-order valence-electron chi connectivity index (χ1n) is 6.87. The first kappa shape index (κ1) is 16.1. The fourth-order valence-corrected chi connectivity index (χ4v) is 1.57. The summed E-state index contributed by atoms with van der Waals surface area (Å²) in [7, 11) is 1.56. The Labute approximate surface area is 119 Å². The zero-order chi connectivity index (χ0) is 15.1. The summed E-state index contributed by atoms with van der Waals surface area (Å²) in [5, 5.41) is 9.37. The molecule has 7 heteroatoms. The van der Waals surface area contributed by atoms with E-state index < -0.39 is 0 Å². The zero-order valence-corrected chi connectivity index (χ0v) is 12.6. The third kappa shape index (κ3) is 4.99. The molecule has 0 aromatic carbocycles. The van der Waals surface area contributed by atoms with Crippen LogP contribution in [0.1, 0.15) is 43.6 Å². The van der Waals surface area contributed by atoms with Crippen LogP contribution in [0.5, 0.6) is 0 Å². The number of aromatic amines is 1. The molecule has 0 aliphatic rings. The normalized spacial score (nSPS) is 10.7. The minimum atomic E-state index is -0.358. The van der Waals surface area contributed by atoms with Gasteiger partial charge in [0.25, 0.3) is 5.91 Å². The second-order valence-corrected chi connectivity index (χ2v) is 5.21. The molecule has 0 radical (unpaired) electrons. The predicted molar refractivity (Wildman–Crippen MR) is 75.2 cm³/mol. The predicted octanol–water partition coefficient (Wildman–Crippen LogP) is 0.601. The molecular formula is C13H23N5O2. The molecule has 0 saturated carbocycles. The van der Waals surface area contributed by atoms with Crippen LogP contribution in [0.4, 0.5) is 0 Å². The molecule has 1 rings (SSSR count). The van der Waals surface area contributed by atoms with Crippen molar-refractivity contribution in [2.24, 2.45) is 5.92 Å². The summed E-state index contributed by atoms with van der Waals surface area (Å²) < 4.78 is 0. The average molecular weight is 281 g/mol. The molecule has 7 nitrogen and oxygen atoms in total. The van der Waals surface area contributed by atoms with Crippen molar-refractivity contribution in [3.8, 4) is 0 Å². The number of hydrogen-bond acceptors (Lipinski definition) is 4. The molecule has 2 amide bonds. The molecule has 0 atom stereocenters. The van der Waals surface area contributed by atoms with E-state index in [1.54, 1.807) is 7.05 Å². The van der Waals surface area contributed by atoms with Crippen LogP contribution in [-0.4, -0.2) is 52.0 Å². The van der Waals surface area contributed by atoms with Crippen molar-refractivity contribution in [1.29, 1.82) is 0 Å². The van der Waals surface area contributed by atoms with Crippen molar-refractivity contribution in [3.05, 3.63) is 11.6 Å². The van der Waals surface area contributed by atoms with Crippen molar-refractivity contribution in [2.45, 2.75) is 33.6 Å². The number of hydrogen-bond donors (Lipinski definition) is 2. The summed E-state index contributed by atoms with van der Waals surface area (Å²) in [6.07, 6.45) is 1.68. The minimum absolute atomic E-state index is 0.00318. The highest BCUT2D eigenvalue weighted by Gasteiger charge is 2.19. The Morgan fingerprint density at radius 3 is 2.70 bits per heavy atom. The molecule has 0 spiro atoms. The van der Waals surface area contributed by atoms with E-state index in [0.29, 0.717) is 18.3 Å². The van der Waals surface area contributed by atoms with Crippen LogP contribution in [-0.2, 0) is 11.2 Å². The van der Waals surface area contributed by atoms with Gasteiger partial charge in [-0.1, -0.05) is 20.8 Å². The summed E-state index contributed by atoms with van der Waals surface area (Å²) in [5.74, 6) is 0.632. The van der Waals surface area contributed by atoms with Gasteiger partial charge >= 0.3 is 0 Å². The smallest absolute Gasteiger partial charge is 0.293 e. The lowest BCUT2D eigenvalue weighted by molar-refractivity contribution is -0.121. The fraction of sp³-hybridized carbons (Fsp3) is 0.692. The van der Waals surface area contributed by atoms with E-state index in [2.05, 4.69) is 20.5 Å². The topological polar surface area (TPSA) is 91.0 Å². The SMILES string of the molecule is CCCc1nc(C(=O)N(C)CC(=O)NCC(C)C)n[nH]1. The van der Waals surface area contributed by atoms with E-state index in [1.165, 1.54) is 4.90 Å². The Morgan fingerprint density at radius 1 is 1.40 bits per heavy atom. The van der Waals surface area contributed by atoms with Crippen molar-refractivity contribution in [2.75, 3.05) is 20.1 Å². The summed E-state index contributed by atoms with van der Waals surface area (Å²) in [5.41, 5.74) is 0. The molecule has 0 bridgehead atoms. The van der Waals surface area contributed by atoms with Gasteiger partial charge in [0.05, 0.1) is 6.54 Å². The van der Waals surface area contributed by atoms with Gasteiger partial charge < -0.3 is 10.2 Å². The molecule has 0 fully saturated rings. The third-order valence-electron chi connectivity index (χ3n) is 2.64. The lowest BCUT2D eigenvalue weighted by Gasteiger charge is -2.15. The number of carbonyl (C=O) groups is 2. The summed E-state index contributed by atoms with van der Waals surface area (Å²) >= 11 is 0. The first-order valence-corrected chi connectivity index (χ1v) is 6.87. The van der Waals surface area contributed by atoms with Gasteiger partial charge in [-0.25, -0.2) is 4.98 Å². The second kappa shape index (κ2) is 7.62. The second-order valence-electron chi connectivity index (χ2n) is 5.21. The van der Waals surface area contributed by atoms with E-state index in [1.807, 2.05) is 20.8 Å². The highest BCUT2D eigenvalue weighted by Crippen LogP contribution is 2.00. The van der Waals surface area contributed by atoms with E-state index in [9.17, 15) is 9.59 Å². The number of nitrogens with one attached hydrogen (secondary N) is 2. The van der Waals surface area contributed by atoms with Crippen LogP contribution in [0, 0.1) is 5.92 Å². The van der Waals surface area contributed by atoms with Gasteiger partial charge in [-0.15, -0.1) is 5.10 Å². The van der Waals surface area contributed by atoms with Gasteiger partial charge in [-0.05, 0) is 12.3 Å². The monoisotopic (exact) mass is 281 g/mol. The van der Waals surface area contributed by atoms with Crippen LogP contribution in [0.25, 0.3) is 0 Å². The van der Waals surface area contributed by atoms with Crippen molar-refractivity contribution < 1.29 is 9.59 Å². The van der Waals surface area contributed by atoms with Gasteiger partial charge in [0, 0.05) is 20.0 Å². The maximum absolute atomic E-state index is 12.0. The fourth-order valence-electron chi connectivity index (χ4n) is 1.57. The number of amides is 2. The molecule has 112 valence electrons. The maximum atomic E-state index is 12.0. The number of rotatable bonds is 7. The summed E-state index contributed by atoms with van der Waals surface area (Å²) in [6.45, 7) is 6.65. The average Bonchev–Trinajstić information content (AvgIpc) is 2.84. The summed E-state index contributed by atoms with van der Waals surface area (Å²) in [6, 6.07) is 0. The van der Waals surface area contributed by atoms with Crippen LogP contribution in [0.2, 0.25) is 0 Å². The molecule has 0 aliphatic heterocycles. The Balaban J connectivity index is 2.51. The molecule has 1 heterocycles. The van der Waals surface area contributed by atoms with Gasteiger partial charge in [0.1, 0.15) is 5.82 Å². The third-order valence-corrected chi connectivity index (χ3v) is 2.64. The van der Waals surface area contributed by atoms with Crippen molar-refractivity contribution >= 4 is 11.8 Å². The molecular weight excluding hydrogens is 258 g/mol. The van der Waals surface area contributed by atoms with E-state index in [4.69, 9.17) is 0 Å². The zero-order valence-electron chi connectivity index (χ0n) is 12.6. The Bertz CT molecular complexity index is 455. The lowest BCUT2D eigenvalue weighted by atomic mass is 10.2. The van der Waals surface area contributed by atoms with Gasteiger partial charge in [0.2, 0.25) is 11.7 Å². The largest absolute Gasteiger partial charge is 0.354 e. The number of nitrogens with zero attached hydrogens (tertiary/aromatic N) is 3. The number of aromatic nitrogens is 3. The van der Waals surface area contributed by atoms with Crippen LogP contribution in [0.15, 0.2) is 0 Å². The van der Waals surface area contributed by atoms with Gasteiger partial charge in [0.15, 0.2) is 0 Å². The molecule has 2 N–H and O–H groups in total. The first-order chi connectivity index (χ1) is 9.43. The number of carbonyl (C=O) groups excluding carboxylic acids is 2. The summed E-state index contributed by atoms with van der Waals surface area (Å²) in [4.78, 5) is 29.1. The maximum Gasteiger partial charge on any atom is 0.293 e. The van der Waals surface area contributed by atoms with Gasteiger partial charge in [-0.2, -0.15) is 0 Å². The molecule has 0 unspecified atom stereocenters. The molecule has 1 aromatic rings. The van der Waals surface area contributed by atoms with E-state index in [0.717, 1.165) is 12.8 Å². The molecule has 1 aromatic heterocycles. The number of H-pyrrole nitrogens is 1. The van der Waals surface area contributed by atoms with E-state index >= 15 is 0 Å². The van der Waals surface area contributed by atoms with Crippen molar-refractivity contribution in [1.82, 2.24) is 25.4 Å². The van der Waals surface area contributed by atoms with Gasteiger partial charge in [-0.3, -0.25) is 14.7 Å². The van der Waals surface area contributed by atoms with Crippen LogP contribution < -0.4 is 5.32 Å². The van der Waals surface area contributed by atoms with E-state index in [-0.39, 0.29) is 24.2 Å². The highest BCUT2D eigenvalue weighted by molar-refractivity contribution is 5.93. The van der Waals surface area contributed by atoms with Crippen molar-refractivity contribution in [3.63, 3.8) is 0 Å². The lowest BCUT2D eigenvalue weighted by Crippen LogP contribution is -2.39. The van der Waals surface area contributed by atoms with Crippen LogP contribution >= 0.6 is 0 Å². The number of likely N-dealkylation sites (N-methyl/N-ethyl adjacent to an activating group) is 1. The number of aryl methyl sites for hydroxylation is 1. The standard InChI is InChI=1S/C13H23N5O2/c1-5-6-10-15-12(17-16-10)13(20)18(4)8-11(19)14-7-9(2)3/h9H,5-8H2,1-4H3,(H,14,19)(H,15,16,17). The Hall–Kier alpha value is -1.92. The Morgan fingerprint density at radius 2 is 2.10 bits per heavy atom. The molecule has 0 saturated heterocycles.